The molecule has 12 heteroatoms. The number of carbonyl (C=O) groups is 2. The molecule has 0 bridgehead atoms. The van der Waals surface area contributed by atoms with E-state index in [1.165, 1.54) is 0 Å². The van der Waals surface area contributed by atoms with Crippen LogP contribution in [-0.2, 0) is 9.59 Å². The first-order valence-corrected chi connectivity index (χ1v) is 7.07. The molecule has 2 saturated heterocycles. The number of rotatable bonds is 3. The standard InChI is InChI=1S/2C4H7N3O.C4H12N2O2/c2*1-7-2-3(8)6-4(7)5;1-3(5)6-2-4(7)8/h2*2H2,1H3,(H2,5,6,8);3-4,6-8H,2,5H2,1H3. The number of amides is 2. The van der Waals surface area contributed by atoms with Gasteiger partial charge in [-0.15, -0.1) is 0 Å². The van der Waals surface area contributed by atoms with Crippen LogP contribution in [0.1, 0.15) is 6.92 Å². The van der Waals surface area contributed by atoms with Gasteiger partial charge in [0.1, 0.15) is 0 Å². The van der Waals surface area contributed by atoms with E-state index in [9.17, 15) is 9.59 Å². The highest BCUT2D eigenvalue weighted by atomic mass is 16.5. The molecule has 0 aromatic heterocycles. The Labute approximate surface area is 140 Å². The van der Waals surface area contributed by atoms with Crippen LogP contribution in [0.2, 0.25) is 0 Å². The molecule has 0 aromatic carbocycles. The average Bonchev–Trinajstić information content (AvgIpc) is 2.89. The number of hydrogen-bond donors (Lipinski definition) is 8. The van der Waals surface area contributed by atoms with Crippen molar-refractivity contribution in [1.29, 1.82) is 10.8 Å². The van der Waals surface area contributed by atoms with Crippen molar-refractivity contribution in [1.82, 2.24) is 25.8 Å². The van der Waals surface area contributed by atoms with E-state index in [2.05, 4.69) is 16.0 Å². The fourth-order valence-electron chi connectivity index (χ4n) is 1.41. The maximum absolute atomic E-state index is 10.4. The third-order valence-electron chi connectivity index (χ3n) is 2.66. The second-order valence-corrected chi connectivity index (χ2v) is 5.18. The van der Waals surface area contributed by atoms with E-state index in [0.717, 1.165) is 0 Å². The number of carbonyl (C=O) groups excluding carboxylic acids is 2. The molecule has 24 heavy (non-hydrogen) atoms. The van der Waals surface area contributed by atoms with Crippen molar-refractivity contribution in [3.63, 3.8) is 0 Å². The van der Waals surface area contributed by atoms with Gasteiger partial charge in [0.25, 0.3) is 0 Å². The van der Waals surface area contributed by atoms with Gasteiger partial charge in [-0.1, -0.05) is 0 Å². The van der Waals surface area contributed by atoms with Crippen LogP contribution in [0.15, 0.2) is 0 Å². The normalized spacial score (nSPS) is 17.8. The Morgan fingerprint density at radius 1 is 1.12 bits per heavy atom. The van der Waals surface area contributed by atoms with Crippen LogP contribution in [0, 0.1) is 10.8 Å². The predicted octanol–water partition coefficient (Wildman–Crippen LogP) is -3.84. The molecule has 0 radical (unpaired) electrons. The van der Waals surface area contributed by atoms with Crippen molar-refractivity contribution >= 4 is 23.7 Å². The van der Waals surface area contributed by atoms with Crippen molar-refractivity contribution in [3.05, 3.63) is 0 Å². The third kappa shape index (κ3) is 9.68. The van der Waals surface area contributed by atoms with Crippen LogP contribution in [0.3, 0.4) is 0 Å². The number of nitrogens with two attached hydrogens (primary N) is 1. The summed E-state index contributed by atoms with van der Waals surface area (Å²) in [6.45, 7) is 2.48. The van der Waals surface area contributed by atoms with Gasteiger partial charge in [0.2, 0.25) is 11.8 Å². The minimum absolute atomic E-state index is 0.0995. The smallest absolute Gasteiger partial charge is 0.246 e. The van der Waals surface area contributed by atoms with E-state index in [1.54, 1.807) is 30.8 Å². The lowest BCUT2D eigenvalue weighted by atomic mass is 10.5. The molecule has 0 aromatic rings. The van der Waals surface area contributed by atoms with E-state index < -0.39 is 6.29 Å². The Balaban J connectivity index is 0.000000331. The summed E-state index contributed by atoms with van der Waals surface area (Å²) in [7, 11) is 3.39. The highest BCUT2D eigenvalue weighted by molar-refractivity contribution is 6.03. The Hall–Kier alpha value is -2.28. The van der Waals surface area contributed by atoms with Crippen LogP contribution in [0.25, 0.3) is 0 Å². The van der Waals surface area contributed by atoms with Crippen LogP contribution >= 0.6 is 0 Å². The van der Waals surface area contributed by atoms with E-state index in [-0.39, 0.29) is 36.4 Å². The van der Waals surface area contributed by atoms with E-state index >= 15 is 0 Å². The van der Waals surface area contributed by atoms with Crippen molar-refractivity contribution in [2.75, 3.05) is 33.7 Å². The third-order valence-corrected chi connectivity index (χ3v) is 2.66. The minimum Gasteiger partial charge on any atom is -0.367 e. The van der Waals surface area contributed by atoms with Gasteiger partial charge >= 0.3 is 0 Å². The second kappa shape index (κ2) is 10.5. The Morgan fingerprint density at radius 3 is 1.58 bits per heavy atom. The van der Waals surface area contributed by atoms with Gasteiger partial charge in [-0.2, -0.15) is 0 Å². The van der Waals surface area contributed by atoms with Crippen molar-refractivity contribution in [3.8, 4) is 0 Å². The van der Waals surface area contributed by atoms with Crippen LogP contribution < -0.4 is 21.7 Å². The topological polar surface area (TPSA) is 191 Å². The molecular weight excluding hydrogens is 320 g/mol. The molecule has 2 rings (SSSR count). The van der Waals surface area contributed by atoms with Crippen molar-refractivity contribution < 1.29 is 19.8 Å². The fourth-order valence-corrected chi connectivity index (χ4v) is 1.41. The Bertz CT molecular complexity index is 426. The Kier molecular flexibility index (Phi) is 9.49. The van der Waals surface area contributed by atoms with Crippen LogP contribution in [0.5, 0.6) is 0 Å². The first-order chi connectivity index (χ1) is 11.0. The molecule has 9 N–H and O–H groups in total. The van der Waals surface area contributed by atoms with Crippen molar-refractivity contribution in [2.45, 2.75) is 19.4 Å². The summed E-state index contributed by atoms with van der Waals surface area (Å²) in [4.78, 5) is 23.8. The molecule has 2 aliphatic heterocycles. The van der Waals surface area contributed by atoms with Gasteiger partial charge in [0.15, 0.2) is 18.2 Å². The minimum atomic E-state index is -1.30. The predicted molar refractivity (Wildman–Crippen MR) is 86.9 cm³/mol. The van der Waals surface area contributed by atoms with Gasteiger partial charge in [-0.05, 0) is 6.92 Å². The molecule has 2 heterocycles. The zero-order chi connectivity index (χ0) is 18.9. The summed E-state index contributed by atoms with van der Waals surface area (Å²) in [5.74, 6) is 0.181. The first-order valence-electron chi connectivity index (χ1n) is 7.07. The zero-order valence-electron chi connectivity index (χ0n) is 14.0. The molecule has 12 nitrogen and oxygen atoms in total. The lowest BCUT2D eigenvalue weighted by molar-refractivity contribution is -0.119. The van der Waals surface area contributed by atoms with Gasteiger partial charge < -0.3 is 25.7 Å². The zero-order valence-corrected chi connectivity index (χ0v) is 14.0. The monoisotopic (exact) mass is 346 g/mol. The van der Waals surface area contributed by atoms with E-state index in [4.69, 9.17) is 26.8 Å². The van der Waals surface area contributed by atoms with Crippen LogP contribution in [-0.4, -0.2) is 89.9 Å². The Morgan fingerprint density at radius 2 is 1.50 bits per heavy atom. The molecule has 1 unspecified atom stereocenters. The summed E-state index contributed by atoms with van der Waals surface area (Å²) < 4.78 is 0. The molecule has 0 saturated carbocycles. The molecule has 2 fully saturated rings. The van der Waals surface area contributed by atoms with Gasteiger partial charge in [-0.3, -0.25) is 36.4 Å². The highest BCUT2D eigenvalue weighted by Gasteiger charge is 2.19. The number of nitrogens with one attached hydrogen (secondary N) is 5. The summed E-state index contributed by atoms with van der Waals surface area (Å²) in [6.07, 6.45) is -1.49. The first kappa shape index (κ1) is 21.7. The summed E-state index contributed by atoms with van der Waals surface area (Å²) in [5.41, 5.74) is 5.21. The number of aliphatic hydroxyl groups excluding tert-OH is 1. The SMILES string of the molecule is CC(N)NCC(O)O.CN1CC(=O)NC1=N.CN1CC(=O)NC1=N. The van der Waals surface area contributed by atoms with Crippen molar-refractivity contribution in [2.24, 2.45) is 5.73 Å². The highest BCUT2D eigenvalue weighted by Crippen LogP contribution is 1.89. The second-order valence-electron chi connectivity index (χ2n) is 5.18. The summed E-state index contributed by atoms with van der Waals surface area (Å²) in [6, 6.07) is 0. The maximum Gasteiger partial charge on any atom is 0.246 e. The fraction of sp³-hybridized carbons (Fsp3) is 0.667. The quantitative estimate of drug-likeness (QED) is 0.238. The lowest BCUT2D eigenvalue weighted by Gasteiger charge is -2.07. The van der Waals surface area contributed by atoms with Gasteiger partial charge in [-0.25, -0.2) is 0 Å². The lowest BCUT2D eigenvalue weighted by Crippen LogP contribution is -2.39. The van der Waals surface area contributed by atoms with Gasteiger partial charge in [0, 0.05) is 20.6 Å². The maximum atomic E-state index is 10.4. The molecule has 0 spiro atoms. The molecule has 138 valence electrons. The summed E-state index contributed by atoms with van der Waals surface area (Å²) in [5, 5.41) is 37.7. The summed E-state index contributed by atoms with van der Waals surface area (Å²) >= 11 is 0. The average molecular weight is 346 g/mol. The number of guanidine groups is 2. The molecule has 2 amide bonds. The number of hydrogen-bond acceptors (Lipinski definition) is 8. The molecule has 0 aliphatic carbocycles. The van der Waals surface area contributed by atoms with Gasteiger partial charge in [0.05, 0.1) is 19.3 Å². The largest absolute Gasteiger partial charge is 0.367 e. The number of nitrogens with zero attached hydrogens (tertiary/aromatic N) is 2. The molecular formula is C12H26N8O4. The van der Waals surface area contributed by atoms with Crippen LogP contribution in [0.4, 0.5) is 0 Å². The van der Waals surface area contributed by atoms with E-state index in [0.29, 0.717) is 13.1 Å². The molecule has 2 aliphatic rings. The number of aliphatic hydroxyl groups is 2. The molecule has 1 atom stereocenters. The number of likely N-dealkylation sites (N-methyl/N-ethyl adjacent to an activating group) is 2. The van der Waals surface area contributed by atoms with E-state index in [1.807, 2.05) is 0 Å².